The first kappa shape index (κ1) is 20.4. The molecule has 0 spiro atoms. The van der Waals surface area contributed by atoms with Crippen molar-refractivity contribution < 1.29 is 17.9 Å². The van der Waals surface area contributed by atoms with Gasteiger partial charge in [0.2, 0.25) is 10.0 Å². The lowest BCUT2D eigenvalue weighted by molar-refractivity contribution is -0.0672. The van der Waals surface area contributed by atoms with E-state index in [4.69, 9.17) is 11.2 Å². The molecule has 1 aromatic rings. The number of hydrogen-bond acceptors (Lipinski definition) is 5. The highest BCUT2D eigenvalue weighted by molar-refractivity contribution is 7.89. The molecular formula is C18H25N3O4S. The van der Waals surface area contributed by atoms with Gasteiger partial charge in [-0.3, -0.25) is 9.69 Å². The van der Waals surface area contributed by atoms with Crippen molar-refractivity contribution in [3.63, 3.8) is 0 Å². The van der Waals surface area contributed by atoms with Crippen molar-refractivity contribution in [1.29, 1.82) is 0 Å². The minimum absolute atomic E-state index is 0.0700. The average Bonchev–Trinajstić information content (AvgIpc) is 2.59. The Bertz CT molecular complexity index is 746. The summed E-state index contributed by atoms with van der Waals surface area (Å²) in [5.74, 6) is 1.98. The molecule has 2 unspecified atom stereocenters. The number of benzene rings is 1. The van der Waals surface area contributed by atoms with E-state index in [0.717, 1.165) is 19.6 Å². The number of sulfonamides is 1. The van der Waals surface area contributed by atoms with Crippen LogP contribution in [-0.2, 0) is 14.8 Å². The second-order valence-corrected chi connectivity index (χ2v) is 8.09. The van der Waals surface area contributed by atoms with Gasteiger partial charge in [-0.05, 0) is 38.1 Å². The zero-order valence-corrected chi connectivity index (χ0v) is 15.9. The summed E-state index contributed by atoms with van der Waals surface area (Å²) in [5, 5.41) is 2.86. The van der Waals surface area contributed by atoms with E-state index in [1.807, 2.05) is 13.8 Å². The zero-order chi connectivity index (χ0) is 19.2. The Morgan fingerprint density at radius 1 is 1.27 bits per heavy atom. The summed E-state index contributed by atoms with van der Waals surface area (Å²) in [5.41, 5.74) is 0.407. The van der Waals surface area contributed by atoms with Crippen molar-refractivity contribution in [3.05, 3.63) is 29.8 Å². The van der Waals surface area contributed by atoms with Crippen LogP contribution in [0.4, 0.5) is 0 Å². The second-order valence-electron chi connectivity index (χ2n) is 6.33. The molecule has 0 radical (unpaired) electrons. The maximum Gasteiger partial charge on any atom is 0.251 e. The van der Waals surface area contributed by atoms with E-state index < -0.39 is 10.0 Å². The molecule has 1 amide bonds. The van der Waals surface area contributed by atoms with Gasteiger partial charge in [0.05, 0.1) is 23.6 Å². The lowest BCUT2D eigenvalue weighted by Gasteiger charge is -2.35. The molecule has 1 aliphatic heterocycles. The highest BCUT2D eigenvalue weighted by atomic mass is 32.2. The third-order valence-electron chi connectivity index (χ3n) is 4.00. The van der Waals surface area contributed by atoms with Crippen LogP contribution < -0.4 is 10.0 Å². The SMILES string of the molecule is C#CCNS(=O)(=O)c1ccc(C(=O)NCCN2CC(C)OC(C)C2)cc1. The summed E-state index contributed by atoms with van der Waals surface area (Å²) in [6, 6.07) is 5.75. The summed E-state index contributed by atoms with van der Waals surface area (Å²) in [6.45, 7) is 6.94. The molecule has 2 rings (SSSR count). The molecule has 1 heterocycles. The number of terminal acetylenes is 1. The molecule has 2 atom stereocenters. The van der Waals surface area contributed by atoms with Gasteiger partial charge in [0, 0.05) is 31.7 Å². The molecule has 0 bridgehead atoms. The van der Waals surface area contributed by atoms with Gasteiger partial charge in [0.15, 0.2) is 0 Å². The molecule has 2 N–H and O–H groups in total. The normalized spacial score (nSPS) is 21.1. The Hall–Kier alpha value is -1.92. The van der Waals surface area contributed by atoms with E-state index in [-0.39, 0.29) is 29.6 Å². The molecule has 1 aliphatic rings. The first-order valence-electron chi connectivity index (χ1n) is 8.51. The van der Waals surface area contributed by atoms with Gasteiger partial charge >= 0.3 is 0 Å². The first-order valence-corrected chi connectivity index (χ1v) is 9.99. The summed E-state index contributed by atoms with van der Waals surface area (Å²) in [6.07, 6.45) is 5.43. The quantitative estimate of drug-likeness (QED) is 0.671. The molecule has 1 saturated heterocycles. The number of morpholine rings is 1. The van der Waals surface area contributed by atoms with Gasteiger partial charge < -0.3 is 10.1 Å². The predicted molar refractivity (Wildman–Crippen MR) is 99.2 cm³/mol. The number of ether oxygens (including phenoxy) is 1. The fourth-order valence-corrected chi connectivity index (χ4v) is 3.84. The number of carbonyl (C=O) groups is 1. The lowest BCUT2D eigenvalue weighted by Crippen LogP contribution is -2.47. The Labute approximate surface area is 155 Å². The molecule has 7 nitrogen and oxygen atoms in total. The number of amides is 1. The van der Waals surface area contributed by atoms with Crippen LogP contribution in [0.3, 0.4) is 0 Å². The van der Waals surface area contributed by atoms with Gasteiger partial charge in [0.25, 0.3) is 5.91 Å². The van der Waals surface area contributed by atoms with Crippen LogP contribution in [0.1, 0.15) is 24.2 Å². The van der Waals surface area contributed by atoms with Gasteiger partial charge in [-0.2, -0.15) is 4.72 Å². The maximum atomic E-state index is 12.2. The topological polar surface area (TPSA) is 87.7 Å². The summed E-state index contributed by atoms with van der Waals surface area (Å²) in [4.78, 5) is 14.5. The van der Waals surface area contributed by atoms with Crippen molar-refractivity contribution in [2.75, 3.05) is 32.7 Å². The van der Waals surface area contributed by atoms with E-state index >= 15 is 0 Å². The van der Waals surface area contributed by atoms with Crippen LogP contribution in [0.2, 0.25) is 0 Å². The van der Waals surface area contributed by atoms with Gasteiger partial charge in [0.1, 0.15) is 0 Å². The summed E-state index contributed by atoms with van der Waals surface area (Å²) in [7, 11) is -3.65. The highest BCUT2D eigenvalue weighted by Gasteiger charge is 2.21. The minimum Gasteiger partial charge on any atom is -0.373 e. The standard InChI is InChI=1S/C18H25N3O4S/c1-4-9-20-26(23,24)17-7-5-16(6-8-17)18(22)19-10-11-21-12-14(2)25-15(3)13-21/h1,5-8,14-15,20H,9-13H2,2-3H3,(H,19,22). The minimum atomic E-state index is -3.65. The van der Waals surface area contributed by atoms with E-state index in [9.17, 15) is 13.2 Å². The van der Waals surface area contributed by atoms with Crippen LogP contribution in [0.25, 0.3) is 0 Å². The fourth-order valence-electron chi connectivity index (χ4n) is 2.90. The van der Waals surface area contributed by atoms with E-state index in [2.05, 4.69) is 20.9 Å². The number of nitrogens with zero attached hydrogens (tertiary/aromatic N) is 1. The average molecular weight is 379 g/mol. The zero-order valence-electron chi connectivity index (χ0n) is 15.1. The largest absolute Gasteiger partial charge is 0.373 e. The Kier molecular flexibility index (Phi) is 7.17. The fraction of sp³-hybridized carbons (Fsp3) is 0.500. The van der Waals surface area contributed by atoms with Crippen LogP contribution in [-0.4, -0.2) is 64.2 Å². The lowest BCUT2D eigenvalue weighted by atomic mass is 10.2. The molecule has 1 fully saturated rings. The third kappa shape index (κ3) is 5.81. The molecular weight excluding hydrogens is 354 g/mol. The molecule has 142 valence electrons. The van der Waals surface area contributed by atoms with Gasteiger partial charge in [-0.25, -0.2) is 8.42 Å². The Morgan fingerprint density at radius 3 is 2.46 bits per heavy atom. The van der Waals surface area contributed by atoms with Crippen molar-refractivity contribution >= 4 is 15.9 Å². The predicted octanol–water partition coefficient (Wildman–Crippen LogP) is 0.437. The van der Waals surface area contributed by atoms with Crippen LogP contribution in [0.5, 0.6) is 0 Å². The van der Waals surface area contributed by atoms with Crippen LogP contribution >= 0.6 is 0 Å². The van der Waals surface area contributed by atoms with Crippen LogP contribution in [0.15, 0.2) is 29.2 Å². The Balaban J connectivity index is 1.85. The molecule has 0 aromatic heterocycles. The number of nitrogens with one attached hydrogen (secondary N) is 2. The molecule has 26 heavy (non-hydrogen) atoms. The van der Waals surface area contributed by atoms with Crippen molar-refractivity contribution in [3.8, 4) is 12.3 Å². The maximum absolute atomic E-state index is 12.2. The monoisotopic (exact) mass is 379 g/mol. The summed E-state index contributed by atoms with van der Waals surface area (Å²) < 4.78 is 31.9. The number of carbonyl (C=O) groups excluding carboxylic acids is 1. The van der Waals surface area contributed by atoms with Gasteiger partial charge in [-0.15, -0.1) is 6.42 Å². The molecule has 8 heteroatoms. The van der Waals surface area contributed by atoms with E-state index in [0.29, 0.717) is 12.1 Å². The third-order valence-corrected chi connectivity index (χ3v) is 5.42. The van der Waals surface area contributed by atoms with E-state index in [1.165, 1.54) is 24.3 Å². The van der Waals surface area contributed by atoms with Crippen molar-refractivity contribution in [2.24, 2.45) is 0 Å². The van der Waals surface area contributed by atoms with E-state index in [1.54, 1.807) is 0 Å². The molecule has 0 saturated carbocycles. The number of hydrogen-bond donors (Lipinski definition) is 2. The second kappa shape index (κ2) is 9.14. The molecule has 0 aliphatic carbocycles. The smallest absolute Gasteiger partial charge is 0.251 e. The molecule has 1 aromatic carbocycles. The highest BCUT2D eigenvalue weighted by Crippen LogP contribution is 2.11. The first-order chi connectivity index (χ1) is 12.3. The Morgan fingerprint density at radius 2 is 1.88 bits per heavy atom. The van der Waals surface area contributed by atoms with Crippen LogP contribution in [0, 0.1) is 12.3 Å². The van der Waals surface area contributed by atoms with Gasteiger partial charge in [-0.1, -0.05) is 5.92 Å². The van der Waals surface area contributed by atoms with Crippen molar-refractivity contribution in [2.45, 2.75) is 31.0 Å². The van der Waals surface area contributed by atoms with Crippen molar-refractivity contribution in [1.82, 2.24) is 14.9 Å². The summed E-state index contributed by atoms with van der Waals surface area (Å²) >= 11 is 0. The number of rotatable bonds is 7.